The van der Waals surface area contributed by atoms with Crippen LogP contribution in [-0.4, -0.2) is 0 Å². The SMILES string of the molecule is CCCCCc1ccc(C2CCc3cc(C#Cc4cc(F)c(F)c(F)c4)ccc3C2)cc1. The predicted molar refractivity (Wildman–Crippen MR) is 123 cm³/mol. The molecule has 3 heteroatoms. The zero-order valence-corrected chi connectivity index (χ0v) is 18.4. The number of benzene rings is 3. The van der Waals surface area contributed by atoms with Gasteiger partial charge in [0.15, 0.2) is 17.5 Å². The van der Waals surface area contributed by atoms with Crippen LogP contribution < -0.4 is 0 Å². The van der Waals surface area contributed by atoms with Crippen molar-refractivity contribution in [1.82, 2.24) is 0 Å². The van der Waals surface area contributed by atoms with Crippen LogP contribution in [0.3, 0.4) is 0 Å². The Balaban J connectivity index is 1.44. The number of rotatable bonds is 5. The minimum absolute atomic E-state index is 0.123. The lowest BCUT2D eigenvalue weighted by Gasteiger charge is -2.25. The maximum absolute atomic E-state index is 13.4. The van der Waals surface area contributed by atoms with Gasteiger partial charge in [-0.3, -0.25) is 0 Å². The molecular weight excluding hydrogens is 405 g/mol. The van der Waals surface area contributed by atoms with Crippen molar-refractivity contribution in [1.29, 1.82) is 0 Å². The monoisotopic (exact) mass is 432 g/mol. The highest BCUT2D eigenvalue weighted by atomic mass is 19.2. The van der Waals surface area contributed by atoms with Crippen LogP contribution >= 0.6 is 0 Å². The van der Waals surface area contributed by atoms with Crippen LogP contribution in [0.5, 0.6) is 0 Å². The van der Waals surface area contributed by atoms with Gasteiger partial charge in [-0.15, -0.1) is 0 Å². The second-order valence-corrected chi connectivity index (χ2v) is 8.63. The minimum Gasteiger partial charge on any atom is -0.204 e. The normalized spacial score (nSPS) is 15.1. The number of fused-ring (bicyclic) bond motifs is 1. The molecule has 3 aromatic carbocycles. The smallest absolute Gasteiger partial charge is 0.194 e. The van der Waals surface area contributed by atoms with E-state index in [1.807, 2.05) is 6.07 Å². The van der Waals surface area contributed by atoms with Crippen molar-refractivity contribution in [3.8, 4) is 11.8 Å². The second kappa shape index (κ2) is 10.1. The molecule has 0 radical (unpaired) electrons. The summed E-state index contributed by atoms with van der Waals surface area (Å²) in [5.41, 5.74) is 6.35. The molecule has 0 saturated heterocycles. The Labute approximate surface area is 188 Å². The standard InChI is InChI=1S/C29H27F3/c1-2-3-4-5-20-8-11-23(12-9-20)25-15-14-24-16-21(10-13-26(24)19-25)6-7-22-17-27(30)29(32)28(31)18-22/h8-13,16-18,25H,2-5,14-15,19H2,1H3. The molecule has 1 aliphatic rings. The summed E-state index contributed by atoms with van der Waals surface area (Å²) < 4.78 is 39.9. The Morgan fingerprint density at radius 1 is 0.812 bits per heavy atom. The third-order valence-electron chi connectivity index (χ3n) is 6.29. The molecule has 0 spiro atoms. The average molecular weight is 433 g/mol. The zero-order valence-electron chi connectivity index (χ0n) is 18.4. The first-order chi connectivity index (χ1) is 15.5. The van der Waals surface area contributed by atoms with E-state index in [9.17, 15) is 13.2 Å². The van der Waals surface area contributed by atoms with Gasteiger partial charge >= 0.3 is 0 Å². The number of halogens is 3. The number of hydrogen-bond acceptors (Lipinski definition) is 0. The molecule has 32 heavy (non-hydrogen) atoms. The van der Waals surface area contributed by atoms with Crippen LogP contribution in [0.4, 0.5) is 13.2 Å². The lowest BCUT2D eigenvalue weighted by atomic mass is 9.79. The summed E-state index contributed by atoms with van der Waals surface area (Å²) in [6.45, 7) is 2.23. The summed E-state index contributed by atoms with van der Waals surface area (Å²) in [4.78, 5) is 0. The summed E-state index contributed by atoms with van der Waals surface area (Å²) in [6, 6.07) is 17.1. The molecule has 0 nitrogen and oxygen atoms in total. The highest BCUT2D eigenvalue weighted by Crippen LogP contribution is 2.33. The largest absolute Gasteiger partial charge is 0.204 e. The average Bonchev–Trinajstić information content (AvgIpc) is 2.81. The maximum atomic E-state index is 13.4. The number of unbranched alkanes of at least 4 members (excludes halogenated alkanes) is 2. The van der Waals surface area contributed by atoms with E-state index in [1.165, 1.54) is 41.5 Å². The van der Waals surface area contributed by atoms with Crippen LogP contribution in [-0.2, 0) is 19.3 Å². The molecule has 0 bridgehead atoms. The molecule has 1 aliphatic carbocycles. The fraction of sp³-hybridized carbons (Fsp3) is 0.310. The van der Waals surface area contributed by atoms with Gasteiger partial charge in [-0.25, -0.2) is 13.2 Å². The first-order valence-corrected chi connectivity index (χ1v) is 11.4. The molecule has 0 N–H and O–H groups in total. The Bertz CT molecular complexity index is 1130. The van der Waals surface area contributed by atoms with Gasteiger partial charge in [0.05, 0.1) is 0 Å². The highest BCUT2D eigenvalue weighted by Gasteiger charge is 2.20. The molecule has 3 aromatic rings. The molecular formula is C29H27F3. The molecule has 4 rings (SSSR count). The van der Waals surface area contributed by atoms with Gasteiger partial charge in [-0.1, -0.05) is 61.9 Å². The Hall–Kier alpha value is -2.99. The third kappa shape index (κ3) is 5.25. The quantitative estimate of drug-likeness (QED) is 0.222. The lowest BCUT2D eigenvalue weighted by molar-refractivity contribution is 0.446. The number of aryl methyl sites for hydroxylation is 2. The van der Waals surface area contributed by atoms with Crippen molar-refractivity contribution in [3.63, 3.8) is 0 Å². The van der Waals surface area contributed by atoms with Gasteiger partial charge in [-0.2, -0.15) is 0 Å². The molecule has 0 fully saturated rings. The van der Waals surface area contributed by atoms with Crippen molar-refractivity contribution in [2.24, 2.45) is 0 Å². The Morgan fingerprint density at radius 3 is 2.25 bits per heavy atom. The minimum atomic E-state index is -1.47. The van der Waals surface area contributed by atoms with Gasteiger partial charge in [-0.05, 0) is 84.5 Å². The zero-order chi connectivity index (χ0) is 22.5. The van der Waals surface area contributed by atoms with Crippen molar-refractivity contribution in [2.75, 3.05) is 0 Å². The van der Waals surface area contributed by atoms with Crippen LogP contribution in [0, 0.1) is 29.3 Å². The van der Waals surface area contributed by atoms with Crippen LogP contribution in [0.2, 0.25) is 0 Å². The van der Waals surface area contributed by atoms with Gasteiger partial charge < -0.3 is 0 Å². The molecule has 0 heterocycles. The van der Waals surface area contributed by atoms with Crippen molar-refractivity contribution < 1.29 is 13.2 Å². The molecule has 0 aromatic heterocycles. The van der Waals surface area contributed by atoms with E-state index in [4.69, 9.17) is 0 Å². The molecule has 1 unspecified atom stereocenters. The Kier molecular flexibility index (Phi) is 7.00. The first kappa shape index (κ1) is 22.2. The third-order valence-corrected chi connectivity index (χ3v) is 6.29. The van der Waals surface area contributed by atoms with E-state index in [-0.39, 0.29) is 5.56 Å². The first-order valence-electron chi connectivity index (χ1n) is 11.4. The fourth-order valence-electron chi connectivity index (χ4n) is 4.42. The van der Waals surface area contributed by atoms with Crippen molar-refractivity contribution in [2.45, 2.75) is 57.8 Å². The summed E-state index contributed by atoms with van der Waals surface area (Å²) in [6.07, 6.45) is 8.01. The van der Waals surface area contributed by atoms with Gasteiger partial charge in [0.1, 0.15) is 0 Å². The summed E-state index contributed by atoms with van der Waals surface area (Å²) in [7, 11) is 0. The van der Waals surface area contributed by atoms with E-state index in [1.54, 1.807) is 0 Å². The van der Waals surface area contributed by atoms with E-state index in [0.717, 1.165) is 43.4 Å². The highest BCUT2D eigenvalue weighted by molar-refractivity contribution is 5.47. The molecule has 1 atom stereocenters. The van der Waals surface area contributed by atoms with Crippen molar-refractivity contribution in [3.05, 3.63) is 105 Å². The molecule has 164 valence electrons. The van der Waals surface area contributed by atoms with E-state index in [0.29, 0.717) is 5.92 Å². The van der Waals surface area contributed by atoms with Crippen LogP contribution in [0.25, 0.3) is 0 Å². The van der Waals surface area contributed by atoms with E-state index >= 15 is 0 Å². The van der Waals surface area contributed by atoms with Crippen LogP contribution in [0.1, 0.15) is 71.9 Å². The molecule has 0 aliphatic heterocycles. The van der Waals surface area contributed by atoms with Gasteiger partial charge in [0.25, 0.3) is 0 Å². The second-order valence-electron chi connectivity index (χ2n) is 8.63. The predicted octanol–water partition coefficient (Wildman–Crippen LogP) is 7.51. The van der Waals surface area contributed by atoms with Crippen molar-refractivity contribution >= 4 is 0 Å². The Morgan fingerprint density at radius 2 is 1.53 bits per heavy atom. The van der Waals surface area contributed by atoms with E-state index in [2.05, 4.69) is 55.2 Å². The number of hydrogen-bond donors (Lipinski definition) is 0. The van der Waals surface area contributed by atoms with E-state index < -0.39 is 17.5 Å². The summed E-state index contributed by atoms with van der Waals surface area (Å²) in [5.74, 6) is 2.30. The summed E-state index contributed by atoms with van der Waals surface area (Å²) >= 11 is 0. The van der Waals surface area contributed by atoms with Crippen LogP contribution in [0.15, 0.2) is 54.6 Å². The molecule has 0 amide bonds. The maximum Gasteiger partial charge on any atom is 0.194 e. The van der Waals surface area contributed by atoms with Gasteiger partial charge in [0.2, 0.25) is 0 Å². The topological polar surface area (TPSA) is 0 Å². The fourth-order valence-corrected chi connectivity index (χ4v) is 4.42. The summed E-state index contributed by atoms with van der Waals surface area (Å²) in [5, 5.41) is 0. The molecule has 0 saturated carbocycles. The van der Waals surface area contributed by atoms with Gasteiger partial charge in [0, 0.05) is 11.1 Å². The lowest BCUT2D eigenvalue weighted by Crippen LogP contribution is -2.13.